The van der Waals surface area contributed by atoms with Crippen LogP contribution in [0.15, 0.2) is 18.5 Å². The third-order valence-corrected chi connectivity index (χ3v) is 5.77. The predicted octanol–water partition coefficient (Wildman–Crippen LogP) is 2.35. The molecule has 5 rings (SSSR count). The van der Waals surface area contributed by atoms with Gasteiger partial charge in [-0.3, -0.25) is 4.79 Å². The number of nitrogens with one attached hydrogen (secondary N) is 1. The zero-order valence-electron chi connectivity index (χ0n) is 16.6. The smallest absolute Gasteiger partial charge is 0.256 e. The van der Waals surface area contributed by atoms with Crippen LogP contribution in [0.1, 0.15) is 53.0 Å². The molecule has 1 saturated carbocycles. The van der Waals surface area contributed by atoms with Crippen LogP contribution in [0.2, 0.25) is 0 Å². The maximum absolute atomic E-state index is 13.0. The number of rotatable bonds is 5. The molecule has 4 heterocycles. The van der Waals surface area contributed by atoms with Gasteiger partial charge in [0.05, 0.1) is 36.3 Å². The van der Waals surface area contributed by atoms with Crippen LogP contribution >= 0.6 is 0 Å². The molecule has 150 valence electrons. The second-order valence-corrected chi connectivity index (χ2v) is 7.67. The van der Waals surface area contributed by atoms with E-state index in [0.717, 1.165) is 35.5 Å². The summed E-state index contributed by atoms with van der Waals surface area (Å²) in [6.07, 6.45) is 6.13. The SMILES string of the molecule is COc1nc2c(cc1CNc1cc(C)nn3cnnc13)C(=O)N(C1CCCC1)C2. The molecule has 1 amide bonds. The average molecular weight is 393 g/mol. The van der Waals surface area contributed by atoms with Crippen molar-refractivity contribution in [3.05, 3.63) is 41.0 Å². The first kappa shape index (κ1) is 17.8. The molecule has 1 fully saturated rings. The molecule has 0 spiro atoms. The van der Waals surface area contributed by atoms with Gasteiger partial charge in [0, 0.05) is 18.2 Å². The van der Waals surface area contributed by atoms with Gasteiger partial charge < -0.3 is 15.0 Å². The summed E-state index contributed by atoms with van der Waals surface area (Å²) >= 11 is 0. The quantitative estimate of drug-likeness (QED) is 0.710. The van der Waals surface area contributed by atoms with Crippen LogP contribution in [0.3, 0.4) is 0 Å². The molecule has 29 heavy (non-hydrogen) atoms. The van der Waals surface area contributed by atoms with E-state index in [9.17, 15) is 4.79 Å². The van der Waals surface area contributed by atoms with E-state index in [4.69, 9.17) is 4.74 Å². The maximum Gasteiger partial charge on any atom is 0.256 e. The topological polar surface area (TPSA) is 97.5 Å². The van der Waals surface area contributed by atoms with Gasteiger partial charge >= 0.3 is 0 Å². The summed E-state index contributed by atoms with van der Waals surface area (Å²) in [4.78, 5) is 19.6. The highest BCUT2D eigenvalue weighted by atomic mass is 16.5. The monoisotopic (exact) mass is 393 g/mol. The van der Waals surface area contributed by atoms with E-state index < -0.39 is 0 Å². The highest BCUT2D eigenvalue weighted by Gasteiger charge is 2.35. The van der Waals surface area contributed by atoms with Gasteiger partial charge in [0.1, 0.15) is 6.33 Å². The van der Waals surface area contributed by atoms with E-state index in [0.29, 0.717) is 36.2 Å². The number of anilines is 1. The van der Waals surface area contributed by atoms with Crippen LogP contribution < -0.4 is 10.1 Å². The molecule has 1 aliphatic heterocycles. The van der Waals surface area contributed by atoms with Crippen molar-refractivity contribution in [2.24, 2.45) is 0 Å². The number of aromatic nitrogens is 5. The number of carbonyl (C=O) groups excluding carboxylic acids is 1. The number of aryl methyl sites for hydroxylation is 1. The Labute approximate surface area is 168 Å². The van der Waals surface area contributed by atoms with Gasteiger partial charge in [-0.05, 0) is 31.9 Å². The van der Waals surface area contributed by atoms with Gasteiger partial charge in [0.2, 0.25) is 11.5 Å². The zero-order chi connectivity index (χ0) is 20.0. The minimum atomic E-state index is 0.0860. The van der Waals surface area contributed by atoms with Crippen molar-refractivity contribution in [2.45, 2.75) is 51.7 Å². The summed E-state index contributed by atoms with van der Waals surface area (Å²) in [6.45, 7) is 2.94. The Bertz CT molecular complexity index is 1090. The van der Waals surface area contributed by atoms with Crippen molar-refractivity contribution in [2.75, 3.05) is 12.4 Å². The van der Waals surface area contributed by atoms with E-state index in [1.165, 1.54) is 12.8 Å². The normalized spacial score (nSPS) is 16.6. The third kappa shape index (κ3) is 3.06. The van der Waals surface area contributed by atoms with Crippen molar-refractivity contribution in [1.29, 1.82) is 0 Å². The fourth-order valence-corrected chi connectivity index (χ4v) is 4.35. The van der Waals surface area contributed by atoms with E-state index in [-0.39, 0.29) is 5.91 Å². The number of fused-ring (bicyclic) bond motifs is 2. The molecule has 9 nitrogen and oxygen atoms in total. The largest absolute Gasteiger partial charge is 0.481 e. The zero-order valence-corrected chi connectivity index (χ0v) is 16.6. The lowest BCUT2D eigenvalue weighted by Crippen LogP contribution is -2.33. The van der Waals surface area contributed by atoms with Gasteiger partial charge in [0.15, 0.2) is 0 Å². The Hall–Kier alpha value is -3.23. The molecule has 0 saturated heterocycles. The number of nitrogens with zero attached hydrogens (tertiary/aromatic N) is 6. The molecule has 0 atom stereocenters. The minimum Gasteiger partial charge on any atom is -0.481 e. The van der Waals surface area contributed by atoms with Crippen LogP contribution in [0, 0.1) is 6.92 Å². The summed E-state index contributed by atoms with van der Waals surface area (Å²) in [5, 5.41) is 15.8. The Morgan fingerprint density at radius 2 is 2.10 bits per heavy atom. The van der Waals surface area contributed by atoms with Crippen molar-refractivity contribution < 1.29 is 9.53 Å². The lowest BCUT2D eigenvalue weighted by molar-refractivity contribution is 0.0706. The minimum absolute atomic E-state index is 0.0860. The summed E-state index contributed by atoms with van der Waals surface area (Å²) in [6, 6.07) is 4.18. The van der Waals surface area contributed by atoms with E-state index in [1.54, 1.807) is 18.0 Å². The second kappa shape index (κ2) is 6.98. The van der Waals surface area contributed by atoms with Gasteiger partial charge in [0.25, 0.3) is 5.91 Å². The van der Waals surface area contributed by atoms with E-state index >= 15 is 0 Å². The molecule has 3 aromatic rings. The Balaban J connectivity index is 1.42. The molecular weight excluding hydrogens is 370 g/mol. The first-order chi connectivity index (χ1) is 14.1. The van der Waals surface area contributed by atoms with Crippen molar-refractivity contribution in [1.82, 2.24) is 29.7 Å². The van der Waals surface area contributed by atoms with Crippen molar-refractivity contribution in [3.63, 3.8) is 0 Å². The number of methoxy groups -OCH3 is 1. The first-order valence-corrected chi connectivity index (χ1v) is 9.93. The van der Waals surface area contributed by atoms with Crippen molar-refractivity contribution in [3.8, 4) is 5.88 Å². The molecule has 1 N–H and O–H groups in total. The molecule has 2 aliphatic rings. The number of carbonyl (C=O) groups is 1. The summed E-state index contributed by atoms with van der Waals surface area (Å²) in [5.74, 6) is 0.628. The highest BCUT2D eigenvalue weighted by molar-refractivity contribution is 5.98. The van der Waals surface area contributed by atoms with Gasteiger partial charge in [-0.25, -0.2) is 4.98 Å². The second-order valence-electron chi connectivity index (χ2n) is 7.67. The average Bonchev–Trinajstić information content (AvgIpc) is 3.46. The lowest BCUT2D eigenvalue weighted by atomic mass is 10.1. The number of pyridine rings is 1. The summed E-state index contributed by atoms with van der Waals surface area (Å²) < 4.78 is 7.16. The standard InChI is InChI=1S/C20H23N7O2/c1-12-7-16(18-24-22-11-27(18)25-12)21-9-13-8-15-17(23-19(13)29-2)10-26(20(15)28)14-5-3-4-6-14/h7-8,11,14,21H,3-6,9-10H2,1-2H3. The first-order valence-electron chi connectivity index (χ1n) is 9.93. The third-order valence-electron chi connectivity index (χ3n) is 5.77. The number of hydrogen-bond acceptors (Lipinski definition) is 7. The summed E-state index contributed by atoms with van der Waals surface area (Å²) in [7, 11) is 1.61. The molecule has 1 aliphatic carbocycles. The molecule has 0 aromatic carbocycles. The molecule has 0 radical (unpaired) electrons. The van der Waals surface area contributed by atoms with Crippen LogP contribution in [-0.4, -0.2) is 48.8 Å². The molecule has 3 aromatic heterocycles. The highest BCUT2D eigenvalue weighted by Crippen LogP contribution is 2.33. The molecular formula is C20H23N7O2. The van der Waals surface area contributed by atoms with Crippen LogP contribution in [0.25, 0.3) is 5.65 Å². The fourth-order valence-electron chi connectivity index (χ4n) is 4.35. The van der Waals surface area contributed by atoms with Crippen LogP contribution in [0.5, 0.6) is 5.88 Å². The number of amides is 1. The lowest BCUT2D eigenvalue weighted by Gasteiger charge is -2.22. The predicted molar refractivity (Wildman–Crippen MR) is 106 cm³/mol. The van der Waals surface area contributed by atoms with Crippen molar-refractivity contribution >= 4 is 17.2 Å². The Morgan fingerprint density at radius 1 is 1.28 bits per heavy atom. The van der Waals surface area contributed by atoms with Crippen LogP contribution in [-0.2, 0) is 13.1 Å². The maximum atomic E-state index is 13.0. The van der Waals surface area contributed by atoms with Crippen LogP contribution in [0.4, 0.5) is 5.69 Å². The number of ether oxygens (including phenoxy) is 1. The molecule has 0 unspecified atom stereocenters. The van der Waals surface area contributed by atoms with Gasteiger partial charge in [-0.2, -0.15) is 9.61 Å². The molecule has 0 bridgehead atoms. The van der Waals surface area contributed by atoms with Gasteiger partial charge in [-0.1, -0.05) is 12.8 Å². The Morgan fingerprint density at radius 3 is 2.90 bits per heavy atom. The Kier molecular flexibility index (Phi) is 4.30. The van der Waals surface area contributed by atoms with E-state index in [1.807, 2.05) is 24.0 Å². The molecule has 9 heteroatoms. The van der Waals surface area contributed by atoms with Gasteiger partial charge in [-0.15, -0.1) is 10.2 Å². The van der Waals surface area contributed by atoms with E-state index in [2.05, 4.69) is 25.6 Å². The number of hydrogen-bond donors (Lipinski definition) is 1. The summed E-state index contributed by atoms with van der Waals surface area (Å²) in [5.41, 5.74) is 4.64. The fraction of sp³-hybridized carbons (Fsp3) is 0.450.